The number of rotatable bonds is 7. The van der Waals surface area contributed by atoms with Gasteiger partial charge in [-0.15, -0.1) is 0 Å². The summed E-state index contributed by atoms with van der Waals surface area (Å²) in [5.41, 5.74) is -0.710. The van der Waals surface area contributed by atoms with Gasteiger partial charge in [-0.3, -0.25) is 0 Å². The lowest BCUT2D eigenvalue weighted by molar-refractivity contribution is -0.139. The molecule has 1 rings (SSSR count). The van der Waals surface area contributed by atoms with Crippen molar-refractivity contribution < 1.29 is 27.8 Å². The molecule has 1 aromatic rings. The van der Waals surface area contributed by atoms with Crippen molar-refractivity contribution in [2.45, 2.75) is 31.9 Å². The number of hydrogen-bond donors (Lipinski definition) is 1. The van der Waals surface area contributed by atoms with Gasteiger partial charge in [-0.1, -0.05) is 19.2 Å². The van der Waals surface area contributed by atoms with Gasteiger partial charge in [-0.05, 0) is 23.7 Å². The van der Waals surface area contributed by atoms with E-state index < -0.39 is 27.1 Å². The van der Waals surface area contributed by atoms with Crippen LogP contribution in [0, 0.1) is 0 Å². The first kappa shape index (κ1) is 17.0. The molecule has 1 N–H and O–H groups in total. The Kier molecular flexibility index (Phi) is 6.51. The maximum Gasteiger partial charge on any atom is 0.419 e. The van der Waals surface area contributed by atoms with E-state index in [1.165, 1.54) is 12.1 Å². The van der Waals surface area contributed by atoms with Crippen LogP contribution in [0.2, 0.25) is 19.1 Å². The zero-order valence-corrected chi connectivity index (χ0v) is 12.5. The maximum atomic E-state index is 12.8. The molecular weight excluding hydrogens is 289 g/mol. The van der Waals surface area contributed by atoms with E-state index in [-0.39, 0.29) is 18.1 Å². The Morgan fingerprint density at radius 1 is 1.25 bits per heavy atom. The highest BCUT2D eigenvalue weighted by Crippen LogP contribution is 2.36. The highest BCUT2D eigenvalue weighted by atomic mass is 28.3. The first-order valence-corrected chi connectivity index (χ1v) is 8.86. The lowest BCUT2D eigenvalue weighted by atomic mass is 10.1. The summed E-state index contributed by atoms with van der Waals surface area (Å²) in [6, 6.07) is 4.40. The molecule has 113 valence electrons. The molecule has 0 aliphatic rings. The summed E-state index contributed by atoms with van der Waals surface area (Å²) in [5.74, 6) is -0.284. The Labute approximate surface area is 117 Å². The average molecular weight is 307 g/mol. The van der Waals surface area contributed by atoms with Gasteiger partial charge in [0.1, 0.15) is 5.75 Å². The summed E-state index contributed by atoms with van der Waals surface area (Å²) in [5, 5.41) is 8.89. The van der Waals surface area contributed by atoms with Crippen LogP contribution in [0.4, 0.5) is 13.2 Å². The van der Waals surface area contributed by atoms with Crippen LogP contribution in [0.3, 0.4) is 0 Å². The van der Waals surface area contributed by atoms with Crippen molar-refractivity contribution in [3.63, 3.8) is 0 Å². The van der Waals surface area contributed by atoms with Crippen LogP contribution < -0.4 is 4.74 Å². The van der Waals surface area contributed by atoms with Crippen molar-refractivity contribution in [1.82, 2.24) is 0 Å². The van der Waals surface area contributed by atoms with E-state index in [1.54, 1.807) is 0 Å². The third-order valence-corrected chi connectivity index (χ3v) is 3.78. The van der Waals surface area contributed by atoms with Crippen molar-refractivity contribution in [2.24, 2.45) is 0 Å². The van der Waals surface area contributed by atoms with E-state index >= 15 is 0 Å². The lowest BCUT2D eigenvalue weighted by Gasteiger charge is -2.15. The van der Waals surface area contributed by atoms with Crippen LogP contribution in [0.1, 0.15) is 11.1 Å². The van der Waals surface area contributed by atoms with Crippen LogP contribution in [-0.4, -0.2) is 27.3 Å². The summed E-state index contributed by atoms with van der Waals surface area (Å²) < 4.78 is 48.7. The minimum atomic E-state index is -4.52. The molecule has 0 saturated heterocycles. The van der Waals surface area contributed by atoms with Crippen molar-refractivity contribution in [3.05, 3.63) is 29.3 Å². The molecule has 1 aromatic carbocycles. The summed E-state index contributed by atoms with van der Waals surface area (Å²) in [4.78, 5) is 0. The quantitative estimate of drug-likeness (QED) is 0.477. The van der Waals surface area contributed by atoms with Gasteiger partial charge in [0.2, 0.25) is 0 Å². The lowest BCUT2D eigenvalue weighted by Crippen LogP contribution is -2.13. The predicted octanol–water partition coefficient (Wildman–Crippen LogP) is 3.31. The van der Waals surface area contributed by atoms with Crippen LogP contribution in [-0.2, 0) is 17.5 Å². The largest absolute Gasteiger partial charge is 0.467 e. The van der Waals surface area contributed by atoms with Gasteiger partial charge < -0.3 is 14.6 Å². The molecule has 0 fully saturated rings. The van der Waals surface area contributed by atoms with E-state index in [0.717, 1.165) is 12.1 Å². The standard InChI is InChI=1S/C13H18F3O3Si/c1-20(2)6-5-18-9-19-12-4-3-10(8-17)7-11(12)13(14,15)16/h3-4,7,17H,5-6,8-9H2,1-2H3. The third kappa shape index (κ3) is 5.52. The van der Waals surface area contributed by atoms with Gasteiger partial charge >= 0.3 is 6.18 Å². The van der Waals surface area contributed by atoms with Crippen LogP contribution in [0.25, 0.3) is 0 Å². The molecule has 3 nitrogen and oxygen atoms in total. The second kappa shape index (κ2) is 7.66. The molecule has 0 unspecified atom stereocenters. The number of aliphatic hydroxyl groups excluding tert-OH is 1. The van der Waals surface area contributed by atoms with Gasteiger partial charge in [0, 0.05) is 15.4 Å². The first-order chi connectivity index (χ1) is 9.34. The molecule has 0 heterocycles. The van der Waals surface area contributed by atoms with E-state index in [4.69, 9.17) is 14.6 Å². The molecular formula is C13H18F3O3Si. The molecule has 0 aromatic heterocycles. The monoisotopic (exact) mass is 307 g/mol. The SMILES string of the molecule is C[Si](C)CCOCOc1ccc(CO)cc1C(F)(F)F. The number of aliphatic hydroxyl groups is 1. The Morgan fingerprint density at radius 2 is 1.95 bits per heavy atom. The zero-order valence-electron chi connectivity index (χ0n) is 11.5. The summed E-state index contributed by atoms with van der Waals surface area (Å²) >= 11 is 0. The van der Waals surface area contributed by atoms with Gasteiger partial charge in [-0.25, -0.2) is 0 Å². The van der Waals surface area contributed by atoms with Crippen LogP contribution in [0.15, 0.2) is 18.2 Å². The molecule has 0 aliphatic carbocycles. The Hall–Kier alpha value is -1.05. The number of benzene rings is 1. The van der Waals surface area contributed by atoms with Gasteiger partial charge in [-0.2, -0.15) is 13.2 Å². The Balaban J connectivity index is 2.65. The fraction of sp³-hybridized carbons (Fsp3) is 0.538. The van der Waals surface area contributed by atoms with E-state index in [2.05, 4.69) is 13.1 Å². The molecule has 0 spiro atoms. The van der Waals surface area contributed by atoms with E-state index in [0.29, 0.717) is 6.61 Å². The van der Waals surface area contributed by atoms with Crippen molar-refractivity contribution in [1.29, 1.82) is 0 Å². The van der Waals surface area contributed by atoms with Gasteiger partial charge in [0.15, 0.2) is 6.79 Å². The second-order valence-electron chi connectivity index (χ2n) is 4.61. The summed E-state index contributed by atoms with van der Waals surface area (Å²) in [6.07, 6.45) is -4.52. The molecule has 20 heavy (non-hydrogen) atoms. The van der Waals surface area contributed by atoms with E-state index in [1.807, 2.05) is 0 Å². The molecule has 0 aliphatic heterocycles. The molecule has 7 heteroatoms. The minimum absolute atomic E-state index is 0.190. The smallest absolute Gasteiger partial charge is 0.419 e. The fourth-order valence-electron chi connectivity index (χ4n) is 1.46. The van der Waals surface area contributed by atoms with Crippen molar-refractivity contribution >= 4 is 8.80 Å². The topological polar surface area (TPSA) is 38.7 Å². The van der Waals surface area contributed by atoms with Crippen molar-refractivity contribution in [3.8, 4) is 5.75 Å². The van der Waals surface area contributed by atoms with E-state index in [9.17, 15) is 13.2 Å². The van der Waals surface area contributed by atoms with Gasteiger partial charge in [0.05, 0.1) is 12.2 Å². The number of ether oxygens (including phenoxy) is 2. The molecule has 0 atom stereocenters. The normalized spacial score (nSPS) is 11.9. The minimum Gasteiger partial charge on any atom is -0.467 e. The molecule has 0 amide bonds. The summed E-state index contributed by atoms with van der Waals surface area (Å²) in [6.45, 7) is 4.08. The highest BCUT2D eigenvalue weighted by Gasteiger charge is 2.34. The average Bonchev–Trinajstić information content (AvgIpc) is 2.37. The number of halogens is 3. The van der Waals surface area contributed by atoms with Crippen LogP contribution in [0.5, 0.6) is 5.75 Å². The summed E-state index contributed by atoms with van der Waals surface area (Å²) in [7, 11) is -0.407. The molecule has 0 saturated carbocycles. The first-order valence-electron chi connectivity index (χ1n) is 6.15. The van der Waals surface area contributed by atoms with Crippen molar-refractivity contribution in [2.75, 3.05) is 13.4 Å². The fourth-order valence-corrected chi connectivity index (χ4v) is 2.02. The molecule has 0 bridgehead atoms. The predicted molar refractivity (Wildman–Crippen MR) is 71.1 cm³/mol. The molecule has 1 radical (unpaired) electrons. The Bertz CT molecular complexity index is 422. The number of alkyl halides is 3. The highest BCUT2D eigenvalue weighted by molar-refractivity contribution is 6.55. The third-order valence-electron chi connectivity index (χ3n) is 2.58. The van der Waals surface area contributed by atoms with Crippen LogP contribution >= 0.6 is 0 Å². The Morgan fingerprint density at radius 3 is 2.50 bits per heavy atom. The number of hydrogen-bond acceptors (Lipinski definition) is 3. The zero-order chi connectivity index (χ0) is 15.2. The van der Waals surface area contributed by atoms with Gasteiger partial charge in [0.25, 0.3) is 0 Å². The maximum absolute atomic E-state index is 12.8. The second-order valence-corrected chi connectivity index (χ2v) is 7.53.